The second-order valence-corrected chi connectivity index (χ2v) is 5.46. The van der Waals surface area contributed by atoms with Crippen LogP contribution in [0.5, 0.6) is 0 Å². The molecule has 0 aromatic rings. The third-order valence-electron chi connectivity index (χ3n) is 4.43. The lowest BCUT2D eigenvalue weighted by atomic mass is 9.82. The Kier molecular flexibility index (Phi) is 6.09. The lowest BCUT2D eigenvalue weighted by Gasteiger charge is -2.27. The number of amides is 1. The molecule has 1 heterocycles. The van der Waals surface area contributed by atoms with Gasteiger partial charge >= 0.3 is 0 Å². The van der Waals surface area contributed by atoms with Crippen molar-refractivity contribution in [2.45, 2.75) is 52.0 Å². The summed E-state index contributed by atoms with van der Waals surface area (Å²) in [6, 6.07) is -0.357. The van der Waals surface area contributed by atoms with Gasteiger partial charge in [-0.25, -0.2) is 0 Å². The van der Waals surface area contributed by atoms with E-state index in [9.17, 15) is 4.79 Å². The maximum absolute atomic E-state index is 12.2. The molecular formula is C14H28N2O2. The molecule has 4 heteroatoms. The molecule has 1 unspecified atom stereocenters. The number of hydrogen-bond donors (Lipinski definition) is 1. The summed E-state index contributed by atoms with van der Waals surface area (Å²) in [6.07, 6.45) is 4.98. The highest BCUT2D eigenvalue weighted by Crippen LogP contribution is 2.37. The van der Waals surface area contributed by atoms with E-state index >= 15 is 0 Å². The molecule has 1 saturated heterocycles. The quantitative estimate of drug-likeness (QED) is 0.706. The number of nitrogens with two attached hydrogens (primary N) is 1. The first kappa shape index (κ1) is 15.4. The van der Waals surface area contributed by atoms with E-state index in [1.807, 2.05) is 4.90 Å². The van der Waals surface area contributed by atoms with Gasteiger partial charge in [-0.15, -0.1) is 0 Å². The molecule has 1 fully saturated rings. The summed E-state index contributed by atoms with van der Waals surface area (Å²) in [5, 5.41) is 0. The average molecular weight is 256 g/mol. The van der Waals surface area contributed by atoms with Crippen molar-refractivity contribution < 1.29 is 9.53 Å². The highest BCUT2D eigenvalue weighted by atomic mass is 16.5. The van der Waals surface area contributed by atoms with Gasteiger partial charge in [0.1, 0.15) is 0 Å². The highest BCUT2D eigenvalue weighted by Gasteiger charge is 2.37. The predicted octanol–water partition coefficient (Wildman–Crippen LogP) is 1.78. The van der Waals surface area contributed by atoms with Crippen LogP contribution in [-0.2, 0) is 9.53 Å². The van der Waals surface area contributed by atoms with Gasteiger partial charge in [-0.05, 0) is 37.5 Å². The fraction of sp³-hybridized carbons (Fsp3) is 0.929. The Morgan fingerprint density at radius 3 is 2.61 bits per heavy atom. The second-order valence-electron chi connectivity index (χ2n) is 5.46. The maximum atomic E-state index is 12.2. The van der Waals surface area contributed by atoms with Crippen LogP contribution in [0.4, 0.5) is 0 Å². The molecule has 0 saturated carbocycles. The fourth-order valence-corrected chi connectivity index (χ4v) is 2.76. The topological polar surface area (TPSA) is 55.6 Å². The normalized spacial score (nSPS) is 20.1. The van der Waals surface area contributed by atoms with Gasteiger partial charge in [0.25, 0.3) is 0 Å². The molecule has 0 aromatic heterocycles. The van der Waals surface area contributed by atoms with Gasteiger partial charge in [0.15, 0.2) is 0 Å². The first-order valence-corrected chi connectivity index (χ1v) is 7.12. The minimum atomic E-state index is -0.357. The largest absolute Gasteiger partial charge is 0.385 e. The van der Waals surface area contributed by atoms with Crippen molar-refractivity contribution in [1.82, 2.24) is 4.90 Å². The van der Waals surface area contributed by atoms with Crippen molar-refractivity contribution in [2.75, 3.05) is 26.8 Å². The lowest BCUT2D eigenvalue weighted by Crippen LogP contribution is -2.43. The average Bonchev–Trinajstić information content (AvgIpc) is 2.83. The first-order valence-electron chi connectivity index (χ1n) is 7.12. The van der Waals surface area contributed by atoms with Crippen LogP contribution in [0.1, 0.15) is 46.0 Å². The summed E-state index contributed by atoms with van der Waals surface area (Å²) in [5.41, 5.74) is 6.30. The zero-order valence-electron chi connectivity index (χ0n) is 12.1. The monoisotopic (exact) mass is 256 g/mol. The van der Waals surface area contributed by atoms with Gasteiger partial charge in [-0.2, -0.15) is 0 Å². The van der Waals surface area contributed by atoms with Gasteiger partial charge in [0, 0.05) is 26.8 Å². The molecule has 1 atom stereocenters. The Morgan fingerprint density at radius 2 is 2.11 bits per heavy atom. The molecule has 1 amide bonds. The smallest absolute Gasteiger partial charge is 0.239 e. The lowest BCUT2D eigenvalue weighted by molar-refractivity contribution is -0.132. The minimum Gasteiger partial charge on any atom is -0.385 e. The standard InChI is InChI=1S/C14H28N2O2/c1-4-14(5-2)8-9-16(11-14)13(17)12(15)7-6-10-18-3/h12H,4-11,15H2,1-3H3. The summed E-state index contributed by atoms with van der Waals surface area (Å²) in [4.78, 5) is 14.2. The SMILES string of the molecule is CCC1(CC)CCN(C(=O)C(N)CCCOC)C1. The Balaban J connectivity index is 2.43. The van der Waals surface area contributed by atoms with Crippen molar-refractivity contribution >= 4 is 5.91 Å². The summed E-state index contributed by atoms with van der Waals surface area (Å²) in [6.45, 7) is 6.87. The Bertz CT molecular complexity index is 265. The van der Waals surface area contributed by atoms with Gasteiger partial charge < -0.3 is 15.4 Å². The van der Waals surface area contributed by atoms with E-state index in [4.69, 9.17) is 10.5 Å². The number of carbonyl (C=O) groups is 1. The summed E-state index contributed by atoms with van der Waals surface area (Å²) >= 11 is 0. The van der Waals surface area contributed by atoms with Crippen LogP contribution in [-0.4, -0.2) is 43.7 Å². The van der Waals surface area contributed by atoms with E-state index in [1.165, 1.54) is 0 Å². The van der Waals surface area contributed by atoms with Crippen LogP contribution in [0.25, 0.3) is 0 Å². The molecular weight excluding hydrogens is 228 g/mol. The zero-order valence-corrected chi connectivity index (χ0v) is 12.1. The molecule has 4 nitrogen and oxygen atoms in total. The second kappa shape index (κ2) is 7.10. The molecule has 106 valence electrons. The Morgan fingerprint density at radius 1 is 1.44 bits per heavy atom. The number of methoxy groups -OCH3 is 1. The van der Waals surface area contributed by atoms with E-state index in [-0.39, 0.29) is 11.9 Å². The van der Waals surface area contributed by atoms with Crippen LogP contribution in [0.15, 0.2) is 0 Å². The van der Waals surface area contributed by atoms with Crippen LogP contribution < -0.4 is 5.73 Å². The first-order chi connectivity index (χ1) is 8.58. The van der Waals surface area contributed by atoms with Gasteiger partial charge in [0.2, 0.25) is 5.91 Å². The molecule has 2 N–H and O–H groups in total. The van der Waals surface area contributed by atoms with Crippen molar-refractivity contribution in [2.24, 2.45) is 11.1 Å². The predicted molar refractivity (Wildman–Crippen MR) is 73.3 cm³/mol. The number of ether oxygens (including phenoxy) is 1. The number of nitrogens with zero attached hydrogens (tertiary/aromatic N) is 1. The van der Waals surface area contributed by atoms with Gasteiger partial charge in [-0.3, -0.25) is 4.79 Å². The Hall–Kier alpha value is -0.610. The number of likely N-dealkylation sites (tertiary alicyclic amines) is 1. The van der Waals surface area contributed by atoms with E-state index in [0.717, 1.165) is 38.8 Å². The molecule has 1 aliphatic heterocycles. The van der Waals surface area contributed by atoms with Gasteiger partial charge in [-0.1, -0.05) is 13.8 Å². The van der Waals surface area contributed by atoms with Crippen molar-refractivity contribution in [1.29, 1.82) is 0 Å². The van der Waals surface area contributed by atoms with Crippen LogP contribution in [0, 0.1) is 5.41 Å². The van der Waals surface area contributed by atoms with E-state index in [2.05, 4.69) is 13.8 Å². The van der Waals surface area contributed by atoms with Crippen LogP contribution in [0.3, 0.4) is 0 Å². The van der Waals surface area contributed by atoms with Crippen molar-refractivity contribution in [3.8, 4) is 0 Å². The van der Waals surface area contributed by atoms with E-state index in [1.54, 1.807) is 7.11 Å². The molecule has 0 aliphatic carbocycles. The molecule has 0 aromatic carbocycles. The van der Waals surface area contributed by atoms with Crippen molar-refractivity contribution in [3.05, 3.63) is 0 Å². The summed E-state index contributed by atoms with van der Waals surface area (Å²) in [7, 11) is 1.67. The molecule has 1 aliphatic rings. The minimum absolute atomic E-state index is 0.120. The molecule has 0 spiro atoms. The highest BCUT2D eigenvalue weighted by molar-refractivity contribution is 5.81. The summed E-state index contributed by atoms with van der Waals surface area (Å²) in [5.74, 6) is 0.120. The molecule has 0 bridgehead atoms. The van der Waals surface area contributed by atoms with Gasteiger partial charge in [0.05, 0.1) is 6.04 Å². The molecule has 0 radical (unpaired) electrons. The molecule has 18 heavy (non-hydrogen) atoms. The van der Waals surface area contributed by atoms with Crippen LogP contribution in [0.2, 0.25) is 0 Å². The third kappa shape index (κ3) is 3.69. The maximum Gasteiger partial charge on any atom is 0.239 e. The number of carbonyl (C=O) groups excluding carboxylic acids is 1. The van der Waals surface area contributed by atoms with Crippen LogP contribution >= 0.6 is 0 Å². The number of hydrogen-bond acceptors (Lipinski definition) is 3. The zero-order chi connectivity index (χ0) is 13.6. The van der Waals surface area contributed by atoms with Crippen molar-refractivity contribution in [3.63, 3.8) is 0 Å². The Labute approximate surface area is 111 Å². The molecule has 1 rings (SSSR count). The number of rotatable bonds is 7. The third-order valence-corrected chi connectivity index (χ3v) is 4.43. The van der Waals surface area contributed by atoms with E-state index < -0.39 is 0 Å². The fourth-order valence-electron chi connectivity index (χ4n) is 2.76. The van der Waals surface area contributed by atoms with E-state index in [0.29, 0.717) is 18.4 Å². The summed E-state index contributed by atoms with van der Waals surface area (Å²) < 4.78 is 4.98.